The number of hydrogen-bond donors (Lipinski definition) is 2. The lowest BCUT2D eigenvalue weighted by atomic mass is 10.2. The molecule has 2 rings (SSSR count). The van der Waals surface area contributed by atoms with Crippen LogP contribution in [0.2, 0.25) is 0 Å². The Hall–Kier alpha value is -2.34. The molecule has 0 spiro atoms. The van der Waals surface area contributed by atoms with Gasteiger partial charge in [-0.1, -0.05) is 58.4 Å². The van der Waals surface area contributed by atoms with Crippen LogP contribution in [0.4, 0.5) is 9.18 Å². The van der Waals surface area contributed by atoms with Crippen LogP contribution in [0.25, 0.3) is 6.08 Å². The fourth-order valence-electron chi connectivity index (χ4n) is 1.82. The Bertz CT molecular complexity index is 704. The first-order valence-corrected chi connectivity index (χ1v) is 7.64. The summed E-state index contributed by atoms with van der Waals surface area (Å²) >= 11 is 3.15. The number of phenols is 1. The summed E-state index contributed by atoms with van der Waals surface area (Å²) in [4.78, 5) is 11.5. The van der Waals surface area contributed by atoms with Gasteiger partial charge in [0.05, 0.1) is 0 Å². The summed E-state index contributed by atoms with van der Waals surface area (Å²) in [7, 11) is 0. The van der Waals surface area contributed by atoms with Crippen LogP contribution in [0.15, 0.2) is 53.0 Å². The largest absolute Gasteiger partial charge is 0.504 e. The molecule has 0 heterocycles. The van der Waals surface area contributed by atoms with Crippen molar-refractivity contribution in [3.63, 3.8) is 0 Å². The molecule has 6 heteroatoms. The summed E-state index contributed by atoms with van der Waals surface area (Å²) in [5.74, 6) is -1.15. The number of hydrogen-bond acceptors (Lipinski definition) is 3. The second kappa shape index (κ2) is 8.33. The zero-order chi connectivity index (χ0) is 16.7. The summed E-state index contributed by atoms with van der Waals surface area (Å²) in [5.41, 5.74) is 1.21. The smallest absolute Gasteiger partial charge is 0.407 e. The number of halogens is 2. The molecule has 2 aromatic carbocycles. The van der Waals surface area contributed by atoms with Gasteiger partial charge in [0.15, 0.2) is 11.6 Å². The lowest BCUT2D eigenvalue weighted by molar-refractivity contribution is 0.141. The normalized spacial score (nSPS) is 10.7. The third-order valence-corrected chi connectivity index (χ3v) is 3.39. The number of benzene rings is 2. The van der Waals surface area contributed by atoms with E-state index in [1.807, 2.05) is 30.3 Å². The van der Waals surface area contributed by atoms with Crippen LogP contribution in [-0.2, 0) is 11.3 Å². The minimum absolute atomic E-state index is 0.189. The lowest BCUT2D eigenvalue weighted by Gasteiger charge is -2.05. The van der Waals surface area contributed by atoms with Crippen molar-refractivity contribution in [3.05, 3.63) is 70.0 Å². The summed E-state index contributed by atoms with van der Waals surface area (Å²) in [6, 6.07) is 12.1. The Morgan fingerprint density at radius 1 is 1.30 bits per heavy atom. The second-order valence-corrected chi connectivity index (χ2v) is 5.59. The Balaban J connectivity index is 1.79. The molecular formula is C17H15BrFNO3. The topological polar surface area (TPSA) is 58.6 Å². The summed E-state index contributed by atoms with van der Waals surface area (Å²) < 4.78 is 18.9. The van der Waals surface area contributed by atoms with Crippen LogP contribution in [0.1, 0.15) is 11.1 Å². The van der Waals surface area contributed by atoms with Crippen LogP contribution in [-0.4, -0.2) is 17.7 Å². The van der Waals surface area contributed by atoms with Crippen LogP contribution < -0.4 is 5.32 Å². The number of alkyl carbamates (subject to hydrolysis) is 1. The van der Waals surface area contributed by atoms with Crippen molar-refractivity contribution >= 4 is 28.1 Å². The predicted octanol–water partition coefficient (Wildman–Crippen LogP) is 4.23. The molecule has 0 atom stereocenters. The molecule has 2 aromatic rings. The molecule has 4 nitrogen and oxygen atoms in total. The quantitative estimate of drug-likeness (QED) is 0.816. The molecule has 0 unspecified atom stereocenters. The first kappa shape index (κ1) is 17.0. The van der Waals surface area contributed by atoms with Gasteiger partial charge in [-0.3, -0.25) is 0 Å². The molecule has 0 bridgehead atoms. The number of rotatable bonds is 5. The van der Waals surface area contributed by atoms with Gasteiger partial charge < -0.3 is 15.2 Å². The average molecular weight is 380 g/mol. The molecule has 0 saturated heterocycles. The zero-order valence-corrected chi connectivity index (χ0v) is 13.7. The fourth-order valence-corrected chi connectivity index (χ4v) is 2.26. The van der Waals surface area contributed by atoms with Gasteiger partial charge in [0.25, 0.3) is 0 Å². The maximum Gasteiger partial charge on any atom is 0.407 e. The van der Waals surface area contributed by atoms with Gasteiger partial charge in [0.1, 0.15) is 6.61 Å². The molecule has 1 amide bonds. The Morgan fingerprint density at radius 2 is 2.04 bits per heavy atom. The third-order valence-electron chi connectivity index (χ3n) is 2.93. The molecule has 0 saturated carbocycles. The van der Waals surface area contributed by atoms with Crippen molar-refractivity contribution in [2.75, 3.05) is 6.54 Å². The molecule has 2 N–H and O–H groups in total. The lowest BCUT2D eigenvalue weighted by Crippen LogP contribution is -2.24. The standard InChI is InChI=1S/C17H15BrFNO3/c18-14-9-13(16(21)15(19)10-14)7-4-8-20-17(22)23-11-12-5-2-1-3-6-12/h1-7,9-10,21H,8,11H2,(H,20,22). The molecule has 120 valence electrons. The highest BCUT2D eigenvalue weighted by molar-refractivity contribution is 9.10. The molecule has 0 aliphatic carbocycles. The highest BCUT2D eigenvalue weighted by Crippen LogP contribution is 2.26. The van der Waals surface area contributed by atoms with Gasteiger partial charge in [-0.2, -0.15) is 0 Å². The highest BCUT2D eigenvalue weighted by Gasteiger charge is 2.06. The van der Waals surface area contributed by atoms with E-state index in [1.165, 1.54) is 12.1 Å². The van der Waals surface area contributed by atoms with Crippen molar-refractivity contribution < 1.29 is 19.0 Å². The average Bonchev–Trinajstić information content (AvgIpc) is 2.54. The van der Waals surface area contributed by atoms with Gasteiger partial charge in [-0.25, -0.2) is 9.18 Å². The Morgan fingerprint density at radius 3 is 2.78 bits per heavy atom. The van der Waals surface area contributed by atoms with Gasteiger partial charge in [0, 0.05) is 16.6 Å². The molecule has 0 aliphatic heterocycles. The van der Waals surface area contributed by atoms with E-state index >= 15 is 0 Å². The van der Waals surface area contributed by atoms with Crippen molar-refractivity contribution in [1.82, 2.24) is 5.32 Å². The summed E-state index contributed by atoms with van der Waals surface area (Å²) in [6.07, 6.45) is 2.55. The van der Waals surface area contributed by atoms with Gasteiger partial charge in [0.2, 0.25) is 0 Å². The van der Waals surface area contributed by atoms with Crippen molar-refractivity contribution in [2.24, 2.45) is 0 Å². The molecule has 0 fully saturated rings. The van der Waals surface area contributed by atoms with Gasteiger partial charge in [-0.05, 0) is 17.7 Å². The van der Waals surface area contributed by atoms with Crippen LogP contribution >= 0.6 is 15.9 Å². The summed E-state index contributed by atoms with van der Waals surface area (Å²) in [5, 5.41) is 12.1. The van der Waals surface area contributed by atoms with Gasteiger partial charge in [-0.15, -0.1) is 0 Å². The fraction of sp³-hybridized carbons (Fsp3) is 0.118. The first-order valence-electron chi connectivity index (χ1n) is 6.85. The minimum atomic E-state index is -0.714. The minimum Gasteiger partial charge on any atom is -0.504 e. The van der Waals surface area contributed by atoms with Crippen LogP contribution in [0.3, 0.4) is 0 Å². The zero-order valence-electron chi connectivity index (χ0n) is 12.1. The number of nitrogens with one attached hydrogen (secondary N) is 1. The second-order valence-electron chi connectivity index (χ2n) is 4.67. The maximum atomic E-state index is 13.3. The number of phenolic OH excluding ortho intramolecular Hbond substituents is 1. The third kappa shape index (κ3) is 5.41. The van der Waals surface area contributed by atoms with E-state index in [4.69, 9.17) is 4.74 Å². The molecular weight excluding hydrogens is 365 g/mol. The van der Waals surface area contributed by atoms with E-state index in [0.29, 0.717) is 10.0 Å². The van der Waals surface area contributed by atoms with E-state index in [0.717, 1.165) is 5.56 Å². The number of amides is 1. The molecule has 0 aromatic heterocycles. The highest BCUT2D eigenvalue weighted by atomic mass is 79.9. The number of ether oxygens (including phenoxy) is 1. The number of carbonyl (C=O) groups is 1. The van der Waals surface area contributed by atoms with E-state index < -0.39 is 17.7 Å². The molecule has 23 heavy (non-hydrogen) atoms. The van der Waals surface area contributed by atoms with Crippen molar-refractivity contribution in [1.29, 1.82) is 0 Å². The van der Waals surface area contributed by atoms with E-state index in [-0.39, 0.29) is 13.2 Å². The SMILES string of the molecule is O=C(NCC=Cc1cc(Br)cc(F)c1O)OCc1ccccc1. The number of carbonyl (C=O) groups excluding carboxylic acids is 1. The van der Waals surface area contributed by atoms with E-state index in [1.54, 1.807) is 12.1 Å². The first-order chi connectivity index (χ1) is 11.1. The Labute approximate surface area is 141 Å². The molecule has 0 aliphatic rings. The summed E-state index contributed by atoms with van der Waals surface area (Å²) in [6.45, 7) is 0.384. The monoisotopic (exact) mass is 379 g/mol. The predicted molar refractivity (Wildman–Crippen MR) is 89.4 cm³/mol. The van der Waals surface area contributed by atoms with Crippen molar-refractivity contribution in [3.8, 4) is 5.75 Å². The number of aromatic hydroxyl groups is 1. The van der Waals surface area contributed by atoms with Gasteiger partial charge >= 0.3 is 6.09 Å². The van der Waals surface area contributed by atoms with Crippen molar-refractivity contribution in [2.45, 2.75) is 6.61 Å². The van der Waals surface area contributed by atoms with E-state index in [9.17, 15) is 14.3 Å². The maximum absolute atomic E-state index is 13.3. The molecule has 0 radical (unpaired) electrons. The Kier molecular flexibility index (Phi) is 6.17. The van der Waals surface area contributed by atoms with Crippen LogP contribution in [0.5, 0.6) is 5.75 Å². The van der Waals surface area contributed by atoms with E-state index in [2.05, 4.69) is 21.2 Å². The van der Waals surface area contributed by atoms with Crippen LogP contribution in [0, 0.1) is 5.82 Å².